The van der Waals surface area contributed by atoms with E-state index in [1.165, 1.54) is 38.5 Å². The number of carbonyl (C=O) groups is 1. The standard InChI is InChI=1S/C22H23NO2/c24-20-4-3-17(21(25)18-2-1-5-23-13-18)9-19(20)22-10-14-6-15(11-22)8-16(7-14)12-22/h1-5,9,13-16,24H,6-8,10-12H2. The second-order valence-electron chi connectivity index (χ2n) is 8.50. The normalized spacial score (nSPS) is 32.7. The molecule has 128 valence electrons. The van der Waals surface area contributed by atoms with Gasteiger partial charge in [-0.05, 0) is 92.0 Å². The van der Waals surface area contributed by atoms with Gasteiger partial charge in [-0.15, -0.1) is 0 Å². The molecule has 0 amide bonds. The number of phenols is 1. The molecule has 4 fully saturated rings. The van der Waals surface area contributed by atoms with Gasteiger partial charge < -0.3 is 5.11 Å². The van der Waals surface area contributed by atoms with Crippen LogP contribution in [0.5, 0.6) is 5.75 Å². The number of nitrogens with zero attached hydrogens (tertiary/aromatic N) is 1. The van der Waals surface area contributed by atoms with Crippen LogP contribution in [0.15, 0.2) is 42.7 Å². The Hall–Kier alpha value is -2.16. The fourth-order valence-corrected chi connectivity index (χ4v) is 6.21. The average Bonchev–Trinajstić information content (AvgIpc) is 2.61. The van der Waals surface area contributed by atoms with Crippen LogP contribution in [0.2, 0.25) is 0 Å². The van der Waals surface area contributed by atoms with Crippen LogP contribution in [0.25, 0.3) is 0 Å². The summed E-state index contributed by atoms with van der Waals surface area (Å²) in [6.07, 6.45) is 10.9. The quantitative estimate of drug-likeness (QED) is 0.842. The second-order valence-corrected chi connectivity index (χ2v) is 8.50. The number of pyridine rings is 1. The molecule has 4 bridgehead atoms. The van der Waals surface area contributed by atoms with Crippen molar-refractivity contribution in [3.05, 3.63) is 59.4 Å². The Morgan fingerprint density at radius 2 is 1.68 bits per heavy atom. The van der Waals surface area contributed by atoms with E-state index in [1.54, 1.807) is 36.7 Å². The fraction of sp³-hybridized carbons (Fsp3) is 0.455. The Balaban J connectivity index is 1.55. The first kappa shape index (κ1) is 15.1. The number of phenolic OH excluding ortho intramolecular Hbond substituents is 1. The van der Waals surface area contributed by atoms with Crippen LogP contribution in [-0.2, 0) is 5.41 Å². The molecule has 1 heterocycles. The van der Waals surface area contributed by atoms with Gasteiger partial charge in [-0.3, -0.25) is 9.78 Å². The van der Waals surface area contributed by atoms with E-state index >= 15 is 0 Å². The summed E-state index contributed by atoms with van der Waals surface area (Å²) in [5.74, 6) is 2.78. The number of ketones is 1. The molecule has 0 radical (unpaired) electrons. The first-order chi connectivity index (χ1) is 12.1. The third kappa shape index (κ3) is 2.40. The molecular formula is C22H23NO2. The maximum absolute atomic E-state index is 12.8. The van der Waals surface area contributed by atoms with E-state index in [0.717, 1.165) is 23.3 Å². The molecule has 0 unspecified atom stereocenters. The number of carbonyl (C=O) groups excluding carboxylic acids is 1. The summed E-state index contributed by atoms with van der Waals surface area (Å²) in [4.78, 5) is 16.9. The van der Waals surface area contributed by atoms with Gasteiger partial charge >= 0.3 is 0 Å². The van der Waals surface area contributed by atoms with Crippen LogP contribution in [0.4, 0.5) is 0 Å². The van der Waals surface area contributed by atoms with E-state index in [0.29, 0.717) is 16.9 Å². The van der Waals surface area contributed by atoms with Crippen molar-refractivity contribution in [2.75, 3.05) is 0 Å². The van der Waals surface area contributed by atoms with Crippen molar-refractivity contribution in [2.24, 2.45) is 17.8 Å². The van der Waals surface area contributed by atoms with Crippen LogP contribution < -0.4 is 0 Å². The third-order valence-corrected chi connectivity index (χ3v) is 6.79. The summed E-state index contributed by atoms with van der Waals surface area (Å²) in [5, 5.41) is 10.6. The Morgan fingerprint density at radius 1 is 1.00 bits per heavy atom. The predicted molar refractivity (Wildman–Crippen MR) is 95.6 cm³/mol. The van der Waals surface area contributed by atoms with Gasteiger partial charge in [-0.1, -0.05) is 0 Å². The SMILES string of the molecule is O=C(c1cccnc1)c1ccc(O)c(C23CC4CC(CC(C4)C2)C3)c1. The van der Waals surface area contributed by atoms with Crippen LogP contribution >= 0.6 is 0 Å². The summed E-state index contributed by atoms with van der Waals surface area (Å²) in [7, 11) is 0. The lowest BCUT2D eigenvalue weighted by Gasteiger charge is -2.57. The summed E-state index contributed by atoms with van der Waals surface area (Å²) in [6.45, 7) is 0. The monoisotopic (exact) mass is 333 g/mol. The van der Waals surface area contributed by atoms with Crippen LogP contribution in [0, 0.1) is 17.8 Å². The van der Waals surface area contributed by atoms with Crippen molar-refractivity contribution >= 4 is 5.78 Å². The second kappa shape index (κ2) is 5.42. The number of aromatic nitrogens is 1. The van der Waals surface area contributed by atoms with Crippen molar-refractivity contribution < 1.29 is 9.90 Å². The molecule has 25 heavy (non-hydrogen) atoms. The predicted octanol–water partition coefficient (Wildman–Crippen LogP) is 4.49. The lowest BCUT2D eigenvalue weighted by Crippen LogP contribution is -2.48. The molecular weight excluding hydrogens is 310 g/mol. The minimum absolute atomic E-state index is 0.0147. The molecule has 0 spiro atoms. The van der Waals surface area contributed by atoms with Gasteiger partial charge in [-0.25, -0.2) is 0 Å². The molecule has 0 atom stereocenters. The minimum Gasteiger partial charge on any atom is -0.508 e. The average molecular weight is 333 g/mol. The smallest absolute Gasteiger partial charge is 0.194 e. The number of hydrogen-bond donors (Lipinski definition) is 1. The van der Waals surface area contributed by atoms with Gasteiger partial charge in [0.05, 0.1) is 0 Å². The van der Waals surface area contributed by atoms with Gasteiger partial charge in [0.25, 0.3) is 0 Å². The lowest BCUT2D eigenvalue weighted by molar-refractivity contribution is -0.00614. The van der Waals surface area contributed by atoms with Gasteiger partial charge in [-0.2, -0.15) is 0 Å². The largest absolute Gasteiger partial charge is 0.508 e. The van der Waals surface area contributed by atoms with Crippen molar-refractivity contribution in [3.8, 4) is 5.75 Å². The summed E-state index contributed by atoms with van der Waals surface area (Å²) in [5.41, 5.74) is 2.37. The van der Waals surface area contributed by atoms with E-state index in [9.17, 15) is 9.90 Å². The molecule has 0 saturated heterocycles. The third-order valence-electron chi connectivity index (χ3n) is 6.79. The molecule has 4 aliphatic rings. The van der Waals surface area contributed by atoms with Crippen LogP contribution in [0.3, 0.4) is 0 Å². The van der Waals surface area contributed by atoms with E-state index in [-0.39, 0.29) is 11.2 Å². The molecule has 3 nitrogen and oxygen atoms in total. The first-order valence-electron chi connectivity index (χ1n) is 9.41. The zero-order valence-corrected chi connectivity index (χ0v) is 14.3. The van der Waals surface area contributed by atoms with E-state index in [2.05, 4.69) is 4.98 Å². The van der Waals surface area contributed by atoms with E-state index in [4.69, 9.17) is 0 Å². The van der Waals surface area contributed by atoms with Crippen LogP contribution in [-0.4, -0.2) is 15.9 Å². The summed E-state index contributed by atoms with van der Waals surface area (Å²) < 4.78 is 0. The number of aromatic hydroxyl groups is 1. The van der Waals surface area contributed by atoms with E-state index in [1.807, 2.05) is 6.07 Å². The molecule has 0 aliphatic heterocycles. The van der Waals surface area contributed by atoms with Gasteiger partial charge in [0.2, 0.25) is 0 Å². The highest BCUT2D eigenvalue weighted by Crippen LogP contribution is 2.61. The van der Waals surface area contributed by atoms with Crippen molar-refractivity contribution in [2.45, 2.75) is 43.9 Å². The Bertz CT molecular complexity index is 792. The number of hydrogen-bond acceptors (Lipinski definition) is 3. The van der Waals surface area contributed by atoms with Crippen molar-refractivity contribution in [1.29, 1.82) is 0 Å². The molecule has 1 N–H and O–H groups in total. The van der Waals surface area contributed by atoms with Gasteiger partial charge in [0.1, 0.15) is 5.75 Å². The zero-order valence-electron chi connectivity index (χ0n) is 14.3. The maximum atomic E-state index is 12.8. The number of benzene rings is 1. The van der Waals surface area contributed by atoms with Crippen molar-refractivity contribution in [1.82, 2.24) is 4.98 Å². The Labute approximate surface area is 148 Å². The highest BCUT2D eigenvalue weighted by molar-refractivity contribution is 6.09. The lowest BCUT2D eigenvalue weighted by atomic mass is 9.48. The molecule has 4 aliphatic carbocycles. The molecule has 6 rings (SSSR count). The Morgan fingerprint density at radius 3 is 2.28 bits per heavy atom. The summed E-state index contributed by atoms with van der Waals surface area (Å²) >= 11 is 0. The zero-order chi connectivity index (χ0) is 17.0. The molecule has 2 aromatic rings. The van der Waals surface area contributed by atoms with Gasteiger partial charge in [0.15, 0.2) is 5.78 Å². The van der Waals surface area contributed by atoms with Gasteiger partial charge in [0, 0.05) is 29.1 Å². The topological polar surface area (TPSA) is 50.2 Å². The minimum atomic E-state index is -0.0147. The highest BCUT2D eigenvalue weighted by atomic mass is 16.3. The molecule has 1 aromatic heterocycles. The first-order valence-corrected chi connectivity index (χ1v) is 9.41. The fourth-order valence-electron chi connectivity index (χ4n) is 6.21. The van der Waals surface area contributed by atoms with Crippen molar-refractivity contribution in [3.63, 3.8) is 0 Å². The van der Waals surface area contributed by atoms with E-state index < -0.39 is 0 Å². The summed E-state index contributed by atoms with van der Waals surface area (Å²) in [6, 6.07) is 9.02. The maximum Gasteiger partial charge on any atom is 0.194 e. The molecule has 1 aromatic carbocycles. The Kier molecular flexibility index (Phi) is 3.28. The molecule has 3 heteroatoms. The number of rotatable bonds is 3. The molecule has 4 saturated carbocycles. The van der Waals surface area contributed by atoms with Crippen LogP contribution in [0.1, 0.15) is 60.0 Å². The highest BCUT2D eigenvalue weighted by Gasteiger charge is 2.52.